The average molecular weight is 352 g/mol. The van der Waals surface area contributed by atoms with Crippen molar-refractivity contribution in [3.05, 3.63) is 59.7 Å². The minimum absolute atomic E-state index is 0.129. The summed E-state index contributed by atoms with van der Waals surface area (Å²) < 4.78 is 5.55. The van der Waals surface area contributed by atoms with E-state index in [4.69, 9.17) is 10.5 Å². The third-order valence-corrected chi connectivity index (χ3v) is 4.79. The van der Waals surface area contributed by atoms with Crippen LogP contribution in [0.3, 0.4) is 0 Å². The van der Waals surface area contributed by atoms with Gasteiger partial charge in [0.25, 0.3) is 11.8 Å². The van der Waals surface area contributed by atoms with E-state index in [1.54, 1.807) is 24.3 Å². The van der Waals surface area contributed by atoms with Gasteiger partial charge in [-0.25, -0.2) is 0 Å². The first-order valence-electron chi connectivity index (χ1n) is 9.05. The molecule has 136 valence electrons. The number of para-hydroxylation sites is 1. The zero-order chi connectivity index (χ0) is 18.4. The number of benzene rings is 2. The van der Waals surface area contributed by atoms with E-state index in [-0.39, 0.29) is 18.1 Å². The standard InChI is InChI=1S/C21H24N2O3/c22-21(25)18-8-4-5-9-19(18)23-20(24)14-26-17-12-10-16(11-13-17)15-6-2-1-3-7-15/h4-5,8-13,15H,1-3,6-7,14H2,(H2,22,25)(H,23,24). The topological polar surface area (TPSA) is 81.4 Å². The Hall–Kier alpha value is -2.82. The normalized spacial score (nSPS) is 14.6. The highest BCUT2D eigenvalue weighted by molar-refractivity contribution is 6.03. The maximum Gasteiger partial charge on any atom is 0.262 e. The predicted molar refractivity (Wildman–Crippen MR) is 101 cm³/mol. The Labute approximate surface area is 153 Å². The zero-order valence-electron chi connectivity index (χ0n) is 14.7. The van der Waals surface area contributed by atoms with Gasteiger partial charge < -0.3 is 15.8 Å². The van der Waals surface area contributed by atoms with Crippen LogP contribution in [0, 0.1) is 0 Å². The molecule has 0 atom stereocenters. The van der Waals surface area contributed by atoms with E-state index in [2.05, 4.69) is 17.4 Å². The van der Waals surface area contributed by atoms with E-state index in [0.717, 1.165) is 0 Å². The summed E-state index contributed by atoms with van der Waals surface area (Å²) in [5.41, 5.74) is 7.32. The van der Waals surface area contributed by atoms with Gasteiger partial charge in [0.2, 0.25) is 0 Å². The second-order valence-electron chi connectivity index (χ2n) is 6.65. The van der Waals surface area contributed by atoms with E-state index in [1.807, 2.05) is 12.1 Å². The van der Waals surface area contributed by atoms with Gasteiger partial charge in [-0.1, -0.05) is 43.5 Å². The lowest BCUT2D eigenvalue weighted by Crippen LogP contribution is -2.22. The highest BCUT2D eigenvalue weighted by Gasteiger charge is 2.15. The van der Waals surface area contributed by atoms with Crippen molar-refractivity contribution in [2.75, 3.05) is 11.9 Å². The molecule has 1 saturated carbocycles. The van der Waals surface area contributed by atoms with Crippen LogP contribution in [0.5, 0.6) is 5.75 Å². The molecule has 0 saturated heterocycles. The summed E-state index contributed by atoms with van der Waals surface area (Å²) in [6.07, 6.45) is 6.45. The van der Waals surface area contributed by atoms with Crippen LogP contribution in [0.4, 0.5) is 5.69 Å². The SMILES string of the molecule is NC(=O)c1ccccc1NC(=O)COc1ccc(C2CCCCC2)cc1. The first-order chi connectivity index (χ1) is 12.6. The Morgan fingerprint density at radius 3 is 2.38 bits per heavy atom. The first kappa shape index (κ1) is 18.0. The van der Waals surface area contributed by atoms with Gasteiger partial charge in [0.15, 0.2) is 6.61 Å². The number of primary amides is 1. The highest BCUT2D eigenvalue weighted by Crippen LogP contribution is 2.33. The first-order valence-corrected chi connectivity index (χ1v) is 9.05. The quantitative estimate of drug-likeness (QED) is 0.828. The molecule has 2 amide bonds. The fourth-order valence-corrected chi connectivity index (χ4v) is 3.41. The number of carbonyl (C=O) groups is 2. The Kier molecular flexibility index (Phi) is 5.89. The smallest absolute Gasteiger partial charge is 0.262 e. The molecule has 0 unspecified atom stereocenters. The summed E-state index contributed by atoms with van der Waals surface area (Å²) in [5, 5.41) is 2.66. The van der Waals surface area contributed by atoms with E-state index in [9.17, 15) is 9.59 Å². The highest BCUT2D eigenvalue weighted by atomic mass is 16.5. The van der Waals surface area contributed by atoms with Gasteiger partial charge in [-0.05, 0) is 48.6 Å². The maximum atomic E-state index is 12.1. The number of hydrogen-bond acceptors (Lipinski definition) is 3. The van der Waals surface area contributed by atoms with Crippen molar-refractivity contribution in [1.29, 1.82) is 0 Å². The lowest BCUT2D eigenvalue weighted by atomic mass is 9.84. The van der Waals surface area contributed by atoms with Gasteiger partial charge in [-0.15, -0.1) is 0 Å². The number of amides is 2. The zero-order valence-corrected chi connectivity index (χ0v) is 14.7. The van der Waals surface area contributed by atoms with Crippen LogP contribution in [-0.4, -0.2) is 18.4 Å². The minimum atomic E-state index is -0.583. The number of hydrogen-bond donors (Lipinski definition) is 2. The maximum absolute atomic E-state index is 12.1. The van der Waals surface area contributed by atoms with Gasteiger partial charge in [0.1, 0.15) is 5.75 Å². The van der Waals surface area contributed by atoms with Crippen molar-refractivity contribution in [3.63, 3.8) is 0 Å². The fraction of sp³-hybridized carbons (Fsp3) is 0.333. The summed E-state index contributed by atoms with van der Waals surface area (Å²) in [5.74, 6) is 0.379. The molecule has 0 radical (unpaired) electrons. The van der Waals surface area contributed by atoms with Gasteiger partial charge >= 0.3 is 0 Å². The average Bonchev–Trinajstić information content (AvgIpc) is 2.68. The number of ether oxygens (including phenoxy) is 1. The molecular formula is C21H24N2O3. The van der Waals surface area contributed by atoms with Crippen molar-refractivity contribution in [2.45, 2.75) is 38.0 Å². The molecule has 1 aliphatic rings. The lowest BCUT2D eigenvalue weighted by Gasteiger charge is -2.22. The molecular weight excluding hydrogens is 328 g/mol. The summed E-state index contributed by atoms with van der Waals surface area (Å²) >= 11 is 0. The molecule has 1 aliphatic carbocycles. The number of carbonyl (C=O) groups excluding carboxylic acids is 2. The van der Waals surface area contributed by atoms with E-state index in [1.165, 1.54) is 37.7 Å². The van der Waals surface area contributed by atoms with Crippen molar-refractivity contribution in [2.24, 2.45) is 5.73 Å². The molecule has 3 N–H and O–H groups in total. The van der Waals surface area contributed by atoms with E-state index >= 15 is 0 Å². The number of rotatable bonds is 6. The third kappa shape index (κ3) is 4.63. The fourth-order valence-electron chi connectivity index (χ4n) is 3.41. The Morgan fingerprint density at radius 1 is 1.00 bits per heavy atom. The predicted octanol–water partition coefficient (Wildman–Crippen LogP) is 3.85. The van der Waals surface area contributed by atoms with Crippen LogP contribution in [0.2, 0.25) is 0 Å². The molecule has 1 fully saturated rings. The van der Waals surface area contributed by atoms with Crippen LogP contribution in [0.1, 0.15) is 53.9 Å². The van der Waals surface area contributed by atoms with Crippen molar-refractivity contribution in [1.82, 2.24) is 0 Å². The molecule has 2 aromatic carbocycles. The second-order valence-corrected chi connectivity index (χ2v) is 6.65. The van der Waals surface area contributed by atoms with Crippen LogP contribution < -0.4 is 15.8 Å². The largest absolute Gasteiger partial charge is 0.484 e. The molecule has 0 bridgehead atoms. The van der Waals surface area contributed by atoms with Crippen molar-refractivity contribution < 1.29 is 14.3 Å². The van der Waals surface area contributed by atoms with Crippen molar-refractivity contribution in [3.8, 4) is 5.75 Å². The van der Waals surface area contributed by atoms with Gasteiger partial charge in [0.05, 0.1) is 11.3 Å². The number of nitrogens with one attached hydrogen (secondary N) is 1. The Bertz CT molecular complexity index is 765. The molecule has 0 aliphatic heterocycles. The lowest BCUT2D eigenvalue weighted by molar-refractivity contribution is -0.118. The summed E-state index contributed by atoms with van der Waals surface area (Å²) in [6, 6.07) is 14.6. The Morgan fingerprint density at radius 2 is 1.69 bits per heavy atom. The van der Waals surface area contributed by atoms with E-state index < -0.39 is 5.91 Å². The molecule has 26 heavy (non-hydrogen) atoms. The monoisotopic (exact) mass is 352 g/mol. The molecule has 5 heteroatoms. The van der Waals surface area contributed by atoms with Crippen LogP contribution in [0.15, 0.2) is 48.5 Å². The summed E-state index contributed by atoms with van der Waals surface area (Å²) in [6.45, 7) is -0.129. The van der Waals surface area contributed by atoms with Crippen LogP contribution >= 0.6 is 0 Å². The van der Waals surface area contributed by atoms with Gasteiger partial charge in [0, 0.05) is 0 Å². The molecule has 3 rings (SSSR count). The van der Waals surface area contributed by atoms with Crippen LogP contribution in [0.25, 0.3) is 0 Å². The number of anilines is 1. The Balaban J connectivity index is 1.54. The van der Waals surface area contributed by atoms with Crippen molar-refractivity contribution >= 4 is 17.5 Å². The molecule has 0 heterocycles. The third-order valence-electron chi connectivity index (χ3n) is 4.79. The minimum Gasteiger partial charge on any atom is -0.484 e. The van der Waals surface area contributed by atoms with Crippen LogP contribution in [-0.2, 0) is 4.79 Å². The van der Waals surface area contributed by atoms with E-state index in [0.29, 0.717) is 17.4 Å². The van der Waals surface area contributed by atoms with Gasteiger partial charge in [-0.2, -0.15) is 0 Å². The number of nitrogens with two attached hydrogens (primary N) is 1. The second kappa shape index (κ2) is 8.52. The molecule has 2 aromatic rings. The molecule has 5 nitrogen and oxygen atoms in total. The molecule has 0 aromatic heterocycles. The van der Waals surface area contributed by atoms with Gasteiger partial charge in [-0.3, -0.25) is 9.59 Å². The summed E-state index contributed by atoms with van der Waals surface area (Å²) in [7, 11) is 0. The summed E-state index contributed by atoms with van der Waals surface area (Å²) in [4.78, 5) is 23.5. The molecule has 0 spiro atoms.